The van der Waals surface area contributed by atoms with Gasteiger partial charge >= 0.3 is 0 Å². The van der Waals surface area contributed by atoms with Crippen LogP contribution in [0.1, 0.15) is 25.0 Å². The second-order valence-corrected chi connectivity index (χ2v) is 6.78. The highest BCUT2D eigenvalue weighted by Crippen LogP contribution is 2.55. The van der Waals surface area contributed by atoms with E-state index in [1.165, 1.54) is 11.1 Å². The Balaban J connectivity index is 2.08. The number of methoxy groups -OCH3 is 1. The fourth-order valence-corrected chi connectivity index (χ4v) is 3.88. The average molecular weight is 316 g/mol. The largest absolute Gasteiger partial charge is 0.508 e. The van der Waals surface area contributed by atoms with Crippen LogP contribution in [0.4, 0.5) is 0 Å². The summed E-state index contributed by atoms with van der Waals surface area (Å²) in [5.41, 5.74) is 6.53. The smallest absolute Gasteiger partial charge is 0.120 e. The average Bonchev–Trinajstić information content (AvgIpc) is 2.84. The lowest BCUT2D eigenvalue weighted by Gasteiger charge is -2.23. The summed E-state index contributed by atoms with van der Waals surface area (Å²) in [6.07, 6.45) is 0. The lowest BCUT2D eigenvalue weighted by molar-refractivity contribution is 0.413. The van der Waals surface area contributed by atoms with E-state index in [4.69, 9.17) is 4.74 Å². The highest BCUT2D eigenvalue weighted by molar-refractivity contribution is 5.94. The SMILES string of the molecule is COc1ccc2c(c1)C(C)(C)c1c(O)ccc(-c3ccccc3)c1-2. The fourth-order valence-electron chi connectivity index (χ4n) is 3.88. The topological polar surface area (TPSA) is 29.5 Å². The monoisotopic (exact) mass is 316 g/mol. The van der Waals surface area contributed by atoms with Crippen LogP contribution in [-0.2, 0) is 5.41 Å². The van der Waals surface area contributed by atoms with Gasteiger partial charge in [0.1, 0.15) is 11.5 Å². The molecule has 0 unspecified atom stereocenters. The number of fused-ring (bicyclic) bond motifs is 3. The second-order valence-electron chi connectivity index (χ2n) is 6.78. The third kappa shape index (κ3) is 1.96. The Labute approximate surface area is 142 Å². The van der Waals surface area contributed by atoms with Gasteiger partial charge in [-0.15, -0.1) is 0 Å². The first-order valence-electron chi connectivity index (χ1n) is 8.15. The van der Waals surface area contributed by atoms with Gasteiger partial charge in [-0.2, -0.15) is 0 Å². The van der Waals surface area contributed by atoms with Gasteiger partial charge in [-0.05, 0) is 46.0 Å². The van der Waals surface area contributed by atoms with Gasteiger partial charge in [-0.1, -0.05) is 56.3 Å². The molecule has 0 radical (unpaired) electrons. The maximum Gasteiger partial charge on any atom is 0.120 e. The van der Waals surface area contributed by atoms with E-state index in [0.29, 0.717) is 5.75 Å². The Kier molecular flexibility index (Phi) is 3.17. The number of benzene rings is 3. The summed E-state index contributed by atoms with van der Waals surface area (Å²) < 4.78 is 5.41. The zero-order valence-electron chi connectivity index (χ0n) is 14.1. The number of hydrogen-bond acceptors (Lipinski definition) is 2. The number of phenolic OH excluding ortho intramolecular Hbond substituents is 1. The summed E-state index contributed by atoms with van der Waals surface area (Å²) in [4.78, 5) is 0. The fraction of sp³-hybridized carbons (Fsp3) is 0.182. The molecule has 2 nitrogen and oxygen atoms in total. The van der Waals surface area contributed by atoms with Crippen molar-refractivity contribution < 1.29 is 9.84 Å². The molecule has 0 fully saturated rings. The Bertz CT molecular complexity index is 924. The van der Waals surface area contributed by atoms with E-state index in [-0.39, 0.29) is 5.41 Å². The highest BCUT2D eigenvalue weighted by Gasteiger charge is 2.39. The summed E-state index contributed by atoms with van der Waals surface area (Å²) in [6, 6.07) is 20.3. The van der Waals surface area contributed by atoms with E-state index >= 15 is 0 Å². The first-order chi connectivity index (χ1) is 11.5. The van der Waals surface area contributed by atoms with E-state index < -0.39 is 0 Å². The summed E-state index contributed by atoms with van der Waals surface area (Å²) in [5.74, 6) is 1.19. The third-order valence-corrected chi connectivity index (χ3v) is 5.06. The molecule has 0 heterocycles. The molecule has 4 rings (SSSR count). The van der Waals surface area contributed by atoms with Gasteiger partial charge in [-0.3, -0.25) is 0 Å². The van der Waals surface area contributed by atoms with Crippen molar-refractivity contribution in [1.29, 1.82) is 0 Å². The van der Waals surface area contributed by atoms with Crippen molar-refractivity contribution in [2.75, 3.05) is 7.11 Å². The van der Waals surface area contributed by atoms with Gasteiger partial charge in [-0.25, -0.2) is 0 Å². The van der Waals surface area contributed by atoms with Crippen molar-refractivity contribution in [3.63, 3.8) is 0 Å². The standard InChI is InChI=1S/C22H20O2/c1-22(2)18-13-15(24-3)9-10-17(18)20-16(11-12-19(23)21(20)22)14-7-5-4-6-8-14/h4-13,23H,1-3H3. The molecular formula is C22H20O2. The van der Waals surface area contributed by atoms with Gasteiger partial charge in [0.05, 0.1) is 7.11 Å². The molecule has 0 atom stereocenters. The molecule has 1 aliphatic carbocycles. The zero-order valence-corrected chi connectivity index (χ0v) is 14.1. The maximum absolute atomic E-state index is 10.6. The number of phenols is 1. The van der Waals surface area contributed by atoms with Crippen molar-refractivity contribution in [2.45, 2.75) is 19.3 Å². The van der Waals surface area contributed by atoms with Crippen LogP contribution in [0.2, 0.25) is 0 Å². The van der Waals surface area contributed by atoms with Crippen LogP contribution in [-0.4, -0.2) is 12.2 Å². The molecule has 24 heavy (non-hydrogen) atoms. The van der Waals surface area contributed by atoms with E-state index in [2.05, 4.69) is 38.1 Å². The first-order valence-corrected chi connectivity index (χ1v) is 8.15. The summed E-state index contributed by atoms with van der Waals surface area (Å²) in [5, 5.41) is 10.6. The van der Waals surface area contributed by atoms with Crippen LogP contribution in [0.15, 0.2) is 60.7 Å². The van der Waals surface area contributed by atoms with Gasteiger partial charge in [0.2, 0.25) is 0 Å². The number of aromatic hydroxyl groups is 1. The molecule has 0 amide bonds. The van der Waals surface area contributed by atoms with Crippen molar-refractivity contribution in [1.82, 2.24) is 0 Å². The van der Waals surface area contributed by atoms with Crippen LogP contribution in [0.5, 0.6) is 11.5 Å². The molecule has 3 aromatic carbocycles. The van der Waals surface area contributed by atoms with Crippen molar-refractivity contribution in [3.8, 4) is 33.8 Å². The van der Waals surface area contributed by atoms with E-state index in [9.17, 15) is 5.11 Å². The Morgan fingerprint density at radius 1 is 0.875 bits per heavy atom. The van der Waals surface area contributed by atoms with Crippen molar-refractivity contribution in [2.24, 2.45) is 0 Å². The highest BCUT2D eigenvalue weighted by atomic mass is 16.5. The van der Waals surface area contributed by atoms with Gasteiger partial charge in [0, 0.05) is 11.0 Å². The van der Waals surface area contributed by atoms with Crippen molar-refractivity contribution in [3.05, 3.63) is 71.8 Å². The number of rotatable bonds is 2. The predicted molar refractivity (Wildman–Crippen MR) is 97.7 cm³/mol. The zero-order chi connectivity index (χ0) is 16.9. The molecule has 120 valence electrons. The quantitative estimate of drug-likeness (QED) is 0.688. The molecule has 0 bridgehead atoms. The molecule has 0 aliphatic heterocycles. The van der Waals surface area contributed by atoms with Crippen LogP contribution < -0.4 is 4.74 Å². The van der Waals surface area contributed by atoms with E-state index in [1.54, 1.807) is 7.11 Å². The van der Waals surface area contributed by atoms with Gasteiger partial charge in [0.15, 0.2) is 0 Å². The predicted octanol–water partition coefficient (Wildman–Crippen LogP) is 5.37. The molecular weight excluding hydrogens is 296 g/mol. The summed E-state index contributed by atoms with van der Waals surface area (Å²) in [7, 11) is 1.68. The number of ether oxygens (including phenoxy) is 1. The second kappa shape index (κ2) is 5.13. The van der Waals surface area contributed by atoms with Gasteiger partial charge in [0.25, 0.3) is 0 Å². The third-order valence-electron chi connectivity index (χ3n) is 5.06. The van der Waals surface area contributed by atoms with Crippen LogP contribution >= 0.6 is 0 Å². The summed E-state index contributed by atoms with van der Waals surface area (Å²) >= 11 is 0. The van der Waals surface area contributed by atoms with Crippen LogP contribution in [0.3, 0.4) is 0 Å². The molecule has 0 saturated carbocycles. The minimum atomic E-state index is -0.270. The minimum absolute atomic E-state index is 0.270. The molecule has 0 spiro atoms. The lowest BCUT2D eigenvalue weighted by Crippen LogP contribution is -2.15. The Morgan fingerprint density at radius 3 is 2.29 bits per heavy atom. The van der Waals surface area contributed by atoms with E-state index in [0.717, 1.165) is 28.0 Å². The normalized spacial score (nSPS) is 14.1. The van der Waals surface area contributed by atoms with Crippen LogP contribution in [0.25, 0.3) is 22.3 Å². The molecule has 1 aliphatic rings. The van der Waals surface area contributed by atoms with Gasteiger partial charge < -0.3 is 9.84 Å². The lowest BCUT2D eigenvalue weighted by atomic mass is 9.81. The number of hydrogen-bond donors (Lipinski definition) is 1. The summed E-state index contributed by atoms with van der Waals surface area (Å²) in [6.45, 7) is 4.32. The molecule has 3 aromatic rings. The van der Waals surface area contributed by atoms with Crippen molar-refractivity contribution >= 4 is 0 Å². The van der Waals surface area contributed by atoms with E-state index in [1.807, 2.05) is 36.4 Å². The Morgan fingerprint density at radius 2 is 1.58 bits per heavy atom. The molecule has 1 N–H and O–H groups in total. The molecule has 0 aromatic heterocycles. The maximum atomic E-state index is 10.6. The molecule has 0 saturated heterocycles. The minimum Gasteiger partial charge on any atom is -0.508 e. The first kappa shape index (κ1) is 14.8. The molecule has 2 heteroatoms. The van der Waals surface area contributed by atoms with Crippen LogP contribution in [0, 0.1) is 0 Å². The Hall–Kier alpha value is -2.74.